The van der Waals surface area contributed by atoms with Crippen molar-refractivity contribution < 1.29 is 4.74 Å². The van der Waals surface area contributed by atoms with Crippen molar-refractivity contribution in [1.29, 1.82) is 0 Å². The lowest BCUT2D eigenvalue weighted by atomic mass is 10.1. The Morgan fingerprint density at radius 1 is 1.69 bits per heavy atom. The summed E-state index contributed by atoms with van der Waals surface area (Å²) in [5.41, 5.74) is 6.42. The molecule has 2 N–H and O–H groups in total. The molecule has 1 saturated heterocycles. The largest absolute Gasteiger partial charge is 0.376 e. The van der Waals surface area contributed by atoms with Crippen LogP contribution in [0.3, 0.4) is 0 Å². The molecule has 1 aromatic heterocycles. The zero-order chi connectivity index (χ0) is 11.5. The first-order valence-corrected chi connectivity index (χ1v) is 5.75. The van der Waals surface area contributed by atoms with Gasteiger partial charge in [0.1, 0.15) is 0 Å². The number of rotatable bonds is 3. The average Bonchev–Trinajstić information content (AvgIpc) is 2.73. The SMILES string of the molecule is CC(N)c1cccn(CC2CCCO2)c1=O. The number of nitrogens with zero attached hydrogens (tertiary/aromatic N) is 1. The summed E-state index contributed by atoms with van der Waals surface area (Å²) in [5, 5.41) is 0. The van der Waals surface area contributed by atoms with Gasteiger partial charge in [-0.15, -0.1) is 0 Å². The van der Waals surface area contributed by atoms with E-state index < -0.39 is 0 Å². The number of hydrogen-bond acceptors (Lipinski definition) is 3. The highest BCUT2D eigenvalue weighted by Gasteiger charge is 2.17. The Bertz CT molecular complexity index is 406. The molecule has 0 aromatic carbocycles. The van der Waals surface area contributed by atoms with Crippen LogP contribution in [-0.4, -0.2) is 17.3 Å². The van der Waals surface area contributed by atoms with Gasteiger partial charge in [-0.05, 0) is 25.8 Å². The molecule has 0 amide bonds. The lowest BCUT2D eigenvalue weighted by Gasteiger charge is -2.13. The minimum Gasteiger partial charge on any atom is -0.376 e. The molecule has 1 aliphatic heterocycles. The van der Waals surface area contributed by atoms with Crippen LogP contribution in [0.1, 0.15) is 31.4 Å². The van der Waals surface area contributed by atoms with E-state index in [1.54, 1.807) is 16.8 Å². The molecule has 0 aliphatic carbocycles. The van der Waals surface area contributed by atoms with E-state index in [0.717, 1.165) is 19.4 Å². The molecule has 2 rings (SSSR count). The highest BCUT2D eigenvalue weighted by atomic mass is 16.5. The third-order valence-corrected chi connectivity index (χ3v) is 2.96. The summed E-state index contributed by atoms with van der Waals surface area (Å²) < 4.78 is 7.22. The number of nitrogens with two attached hydrogens (primary N) is 1. The van der Waals surface area contributed by atoms with Gasteiger partial charge in [0.15, 0.2) is 0 Å². The predicted octanol–water partition coefficient (Wildman–Crippen LogP) is 1.05. The van der Waals surface area contributed by atoms with Crippen LogP contribution < -0.4 is 11.3 Å². The van der Waals surface area contributed by atoms with Crippen LogP contribution in [-0.2, 0) is 11.3 Å². The lowest BCUT2D eigenvalue weighted by molar-refractivity contribution is 0.0960. The topological polar surface area (TPSA) is 57.2 Å². The Hall–Kier alpha value is -1.13. The lowest BCUT2D eigenvalue weighted by Crippen LogP contribution is -2.30. The molecule has 0 spiro atoms. The summed E-state index contributed by atoms with van der Waals surface area (Å²) in [6.07, 6.45) is 4.11. The summed E-state index contributed by atoms with van der Waals surface area (Å²) in [6.45, 7) is 3.28. The first-order valence-electron chi connectivity index (χ1n) is 5.75. The predicted molar refractivity (Wildman–Crippen MR) is 62.3 cm³/mol. The van der Waals surface area contributed by atoms with Gasteiger partial charge in [-0.3, -0.25) is 4.79 Å². The van der Waals surface area contributed by atoms with Crippen LogP contribution in [0, 0.1) is 0 Å². The molecule has 1 fully saturated rings. The fourth-order valence-corrected chi connectivity index (χ4v) is 2.05. The minimum absolute atomic E-state index is 0.00741. The van der Waals surface area contributed by atoms with Gasteiger partial charge < -0.3 is 15.0 Å². The number of aromatic nitrogens is 1. The number of ether oxygens (including phenoxy) is 1. The molecule has 4 nitrogen and oxygen atoms in total. The summed E-state index contributed by atoms with van der Waals surface area (Å²) >= 11 is 0. The van der Waals surface area contributed by atoms with Crippen molar-refractivity contribution >= 4 is 0 Å². The minimum atomic E-state index is -0.218. The molecule has 16 heavy (non-hydrogen) atoms. The monoisotopic (exact) mass is 222 g/mol. The fraction of sp³-hybridized carbons (Fsp3) is 0.583. The van der Waals surface area contributed by atoms with E-state index in [1.807, 2.05) is 13.0 Å². The Kier molecular flexibility index (Phi) is 3.41. The van der Waals surface area contributed by atoms with Crippen molar-refractivity contribution in [1.82, 2.24) is 4.57 Å². The highest BCUT2D eigenvalue weighted by Crippen LogP contribution is 2.13. The molecule has 2 heterocycles. The molecule has 0 bridgehead atoms. The Labute approximate surface area is 95.0 Å². The van der Waals surface area contributed by atoms with Gasteiger partial charge >= 0.3 is 0 Å². The maximum atomic E-state index is 12.0. The second-order valence-corrected chi connectivity index (χ2v) is 4.34. The van der Waals surface area contributed by atoms with Gasteiger partial charge in [0.25, 0.3) is 5.56 Å². The van der Waals surface area contributed by atoms with Crippen molar-refractivity contribution in [2.24, 2.45) is 5.73 Å². The van der Waals surface area contributed by atoms with E-state index in [0.29, 0.717) is 12.1 Å². The van der Waals surface area contributed by atoms with Crippen LogP contribution in [0.2, 0.25) is 0 Å². The number of hydrogen-bond donors (Lipinski definition) is 1. The van der Waals surface area contributed by atoms with E-state index >= 15 is 0 Å². The summed E-state index contributed by atoms with van der Waals surface area (Å²) in [6, 6.07) is 3.44. The third kappa shape index (κ3) is 2.33. The van der Waals surface area contributed by atoms with Crippen LogP contribution in [0.25, 0.3) is 0 Å². The van der Waals surface area contributed by atoms with Gasteiger partial charge in [0.2, 0.25) is 0 Å². The van der Waals surface area contributed by atoms with Gasteiger partial charge in [-0.2, -0.15) is 0 Å². The fourth-order valence-electron chi connectivity index (χ4n) is 2.05. The normalized spacial score (nSPS) is 22.2. The van der Waals surface area contributed by atoms with Crippen molar-refractivity contribution in [3.05, 3.63) is 34.2 Å². The zero-order valence-corrected chi connectivity index (χ0v) is 9.56. The maximum absolute atomic E-state index is 12.0. The van der Waals surface area contributed by atoms with Crippen LogP contribution in [0.15, 0.2) is 23.1 Å². The second kappa shape index (κ2) is 4.80. The number of pyridine rings is 1. The van der Waals surface area contributed by atoms with E-state index in [-0.39, 0.29) is 17.7 Å². The second-order valence-electron chi connectivity index (χ2n) is 4.34. The zero-order valence-electron chi connectivity index (χ0n) is 9.56. The third-order valence-electron chi connectivity index (χ3n) is 2.96. The summed E-state index contributed by atoms with van der Waals surface area (Å²) in [5.74, 6) is 0. The van der Waals surface area contributed by atoms with Crippen LogP contribution >= 0.6 is 0 Å². The van der Waals surface area contributed by atoms with Crippen molar-refractivity contribution in [3.8, 4) is 0 Å². The maximum Gasteiger partial charge on any atom is 0.255 e. The summed E-state index contributed by atoms with van der Waals surface area (Å²) in [4.78, 5) is 12.0. The van der Waals surface area contributed by atoms with Crippen molar-refractivity contribution in [3.63, 3.8) is 0 Å². The van der Waals surface area contributed by atoms with Crippen LogP contribution in [0.5, 0.6) is 0 Å². The molecule has 1 aliphatic rings. The van der Waals surface area contributed by atoms with Gasteiger partial charge in [-0.25, -0.2) is 0 Å². The quantitative estimate of drug-likeness (QED) is 0.831. The Balaban J connectivity index is 2.20. The molecule has 88 valence electrons. The van der Waals surface area contributed by atoms with E-state index in [1.165, 1.54) is 0 Å². The Morgan fingerprint density at radius 2 is 2.50 bits per heavy atom. The molecule has 0 saturated carbocycles. The average molecular weight is 222 g/mol. The van der Waals surface area contributed by atoms with Crippen LogP contribution in [0.4, 0.5) is 0 Å². The molecule has 1 aromatic rings. The van der Waals surface area contributed by atoms with Crippen molar-refractivity contribution in [2.45, 2.75) is 38.5 Å². The first kappa shape index (κ1) is 11.4. The van der Waals surface area contributed by atoms with Gasteiger partial charge in [-0.1, -0.05) is 6.07 Å². The molecule has 0 radical (unpaired) electrons. The molecule has 2 unspecified atom stereocenters. The van der Waals surface area contributed by atoms with Gasteiger partial charge in [0.05, 0.1) is 12.6 Å². The van der Waals surface area contributed by atoms with E-state index in [2.05, 4.69) is 0 Å². The molecule has 2 atom stereocenters. The van der Waals surface area contributed by atoms with Crippen molar-refractivity contribution in [2.75, 3.05) is 6.61 Å². The molecular formula is C12H18N2O2. The first-order chi connectivity index (χ1) is 7.68. The van der Waals surface area contributed by atoms with Gasteiger partial charge in [0, 0.05) is 24.4 Å². The summed E-state index contributed by atoms with van der Waals surface area (Å²) in [7, 11) is 0. The van der Waals surface area contributed by atoms with E-state index in [4.69, 9.17) is 10.5 Å². The smallest absolute Gasteiger partial charge is 0.255 e. The Morgan fingerprint density at radius 3 is 3.12 bits per heavy atom. The van der Waals surface area contributed by atoms with E-state index in [9.17, 15) is 4.79 Å². The molecular weight excluding hydrogens is 204 g/mol. The molecule has 4 heteroatoms. The highest BCUT2D eigenvalue weighted by molar-refractivity contribution is 5.13. The standard InChI is InChI=1S/C12H18N2O2/c1-9(13)11-5-2-6-14(12(11)15)8-10-4-3-7-16-10/h2,5-6,9-10H,3-4,7-8,13H2,1H3.